The fourth-order valence-electron chi connectivity index (χ4n) is 1.37. The third-order valence-electron chi connectivity index (χ3n) is 2.24. The van der Waals surface area contributed by atoms with Crippen molar-refractivity contribution in [3.8, 4) is 5.75 Å². The van der Waals surface area contributed by atoms with Gasteiger partial charge in [0, 0.05) is 11.5 Å². The van der Waals surface area contributed by atoms with E-state index in [1.807, 2.05) is 6.92 Å². The molecule has 0 aliphatic rings. The average molecular weight is 285 g/mol. The van der Waals surface area contributed by atoms with Crippen molar-refractivity contribution in [2.75, 3.05) is 0 Å². The lowest BCUT2D eigenvalue weighted by Gasteiger charge is -2.08. The van der Waals surface area contributed by atoms with Gasteiger partial charge in [-0.15, -0.1) is 5.10 Å². The monoisotopic (exact) mass is 284 g/mol. The number of carboxylic acids is 1. The molecule has 0 unspecified atom stereocenters. The number of nitrogens with zero attached hydrogens (tertiary/aromatic N) is 2. The van der Waals surface area contributed by atoms with Gasteiger partial charge in [0.1, 0.15) is 28.0 Å². The van der Waals surface area contributed by atoms with Crippen LogP contribution in [0.5, 0.6) is 5.75 Å². The van der Waals surface area contributed by atoms with Gasteiger partial charge in [-0.3, -0.25) is 0 Å². The summed E-state index contributed by atoms with van der Waals surface area (Å²) in [5.74, 6) is -0.742. The Morgan fingerprint density at radius 3 is 2.94 bits per heavy atom. The Balaban J connectivity index is 2.19. The van der Waals surface area contributed by atoms with Crippen LogP contribution in [-0.4, -0.2) is 20.7 Å². The van der Waals surface area contributed by atoms with E-state index < -0.39 is 5.97 Å². The van der Waals surface area contributed by atoms with E-state index in [4.69, 9.17) is 21.4 Å². The standard InChI is InChI=1S/C11H9ClN2O3S/c1-6-2-3-9(7(4-6)11(15)16)17-5-8-10(12)18-14-13-8/h2-4H,5H2,1H3,(H,15,16). The fraction of sp³-hybridized carbons (Fsp3) is 0.182. The molecule has 1 aromatic carbocycles. The summed E-state index contributed by atoms with van der Waals surface area (Å²) >= 11 is 6.89. The summed E-state index contributed by atoms with van der Waals surface area (Å²) in [6.07, 6.45) is 0. The van der Waals surface area contributed by atoms with Crippen molar-refractivity contribution >= 4 is 29.1 Å². The summed E-state index contributed by atoms with van der Waals surface area (Å²) < 4.78 is 9.53. The SMILES string of the molecule is Cc1ccc(OCc2nnsc2Cl)c(C(=O)O)c1. The van der Waals surface area contributed by atoms with Crippen molar-refractivity contribution < 1.29 is 14.6 Å². The number of halogens is 1. The molecule has 0 bridgehead atoms. The maximum Gasteiger partial charge on any atom is 0.339 e. The third-order valence-corrected chi connectivity index (χ3v) is 3.22. The molecule has 0 atom stereocenters. The number of rotatable bonds is 4. The first-order valence-electron chi connectivity index (χ1n) is 5.01. The van der Waals surface area contributed by atoms with Gasteiger partial charge in [0.2, 0.25) is 0 Å². The summed E-state index contributed by atoms with van der Waals surface area (Å²) in [6, 6.07) is 4.95. The lowest BCUT2D eigenvalue weighted by Crippen LogP contribution is -2.04. The number of hydrogen-bond acceptors (Lipinski definition) is 5. The molecule has 1 N–H and O–H groups in total. The van der Waals surface area contributed by atoms with Crippen LogP contribution in [0.2, 0.25) is 4.34 Å². The van der Waals surface area contributed by atoms with Gasteiger partial charge in [-0.05, 0) is 19.1 Å². The number of carboxylic acid groups (broad SMARTS) is 1. The van der Waals surface area contributed by atoms with Crippen molar-refractivity contribution in [2.45, 2.75) is 13.5 Å². The van der Waals surface area contributed by atoms with Crippen LogP contribution in [0.25, 0.3) is 0 Å². The largest absolute Gasteiger partial charge is 0.486 e. The van der Waals surface area contributed by atoms with E-state index in [-0.39, 0.29) is 17.9 Å². The minimum absolute atomic E-state index is 0.0959. The molecule has 0 saturated heterocycles. The number of hydrogen-bond donors (Lipinski definition) is 1. The lowest BCUT2D eigenvalue weighted by molar-refractivity contribution is 0.0691. The van der Waals surface area contributed by atoms with Crippen molar-refractivity contribution in [2.24, 2.45) is 0 Å². The Morgan fingerprint density at radius 1 is 1.56 bits per heavy atom. The summed E-state index contributed by atoms with van der Waals surface area (Å²) in [5.41, 5.74) is 1.47. The van der Waals surface area contributed by atoms with Crippen LogP contribution in [0.15, 0.2) is 18.2 Å². The highest BCUT2D eigenvalue weighted by atomic mass is 35.5. The second-order valence-electron chi connectivity index (χ2n) is 3.59. The van der Waals surface area contributed by atoms with Crippen LogP contribution in [-0.2, 0) is 6.61 Å². The Bertz CT molecular complexity index is 585. The molecule has 18 heavy (non-hydrogen) atoms. The Kier molecular flexibility index (Phi) is 3.78. The smallest absolute Gasteiger partial charge is 0.339 e. The first-order chi connectivity index (χ1) is 8.58. The topological polar surface area (TPSA) is 72.3 Å². The molecular weight excluding hydrogens is 276 g/mol. The maximum absolute atomic E-state index is 11.1. The average Bonchev–Trinajstić information content (AvgIpc) is 2.73. The first kappa shape index (κ1) is 12.8. The zero-order valence-corrected chi connectivity index (χ0v) is 11.0. The highest BCUT2D eigenvalue weighted by Crippen LogP contribution is 2.23. The predicted molar refractivity (Wildman–Crippen MR) is 67.4 cm³/mol. The van der Waals surface area contributed by atoms with Gasteiger partial charge in [-0.2, -0.15) is 0 Å². The molecule has 1 aromatic heterocycles. The van der Waals surface area contributed by atoms with E-state index in [0.29, 0.717) is 10.0 Å². The van der Waals surface area contributed by atoms with Crippen molar-refractivity contribution in [3.63, 3.8) is 0 Å². The van der Waals surface area contributed by atoms with E-state index in [2.05, 4.69) is 9.59 Å². The van der Waals surface area contributed by atoms with Gasteiger partial charge >= 0.3 is 5.97 Å². The summed E-state index contributed by atoms with van der Waals surface area (Å²) in [4.78, 5) is 11.1. The molecule has 0 aliphatic heterocycles. The van der Waals surface area contributed by atoms with Crippen LogP contribution >= 0.6 is 23.1 Å². The minimum atomic E-state index is -1.03. The van der Waals surface area contributed by atoms with Gasteiger partial charge < -0.3 is 9.84 Å². The van der Waals surface area contributed by atoms with Crippen LogP contribution in [0.4, 0.5) is 0 Å². The molecule has 0 fully saturated rings. The van der Waals surface area contributed by atoms with E-state index in [0.717, 1.165) is 17.1 Å². The molecule has 0 aliphatic carbocycles. The summed E-state index contributed by atoms with van der Waals surface area (Å²) in [5, 5.41) is 12.9. The third kappa shape index (κ3) is 2.77. The van der Waals surface area contributed by atoms with Gasteiger partial charge in [-0.25, -0.2) is 4.79 Å². The van der Waals surface area contributed by atoms with Crippen molar-refractivity contribution in [3.05, 3.63) is 39.4 Å². The van der Waals surface area contributed by atoms with Crippen LogP contribution in [0.1, 0.15) is 21.6 Å². The molecule has 1 heterocycles. The van der Waals surface area contributed by atoms with E-state index in [9.17, 15) is 4.79 Å². The second-order valence-corrected chi connectivity index (χ2v) is 4.94. The van der Waals surface area contributed by atoms with Crippen molar-refractivity contribution in [1.82, 2.24) is 9.59 Å². The zero-order chi connectivity index (χ0) is 13.1. The molecule has 0 spiro atoms. The van der Waals surface area contributed by atoms with Crippen LogP contribution in [0.3, 0.4) is 0 Å². The first-order valence-corrected chi connectivity index (χ1v) is 6.16. The van der Waals surface area contributed by atoms with Gasteiger partial charge in [0.05, 0.1) is 0 Å². The number of ether oxygens (including phenoxy) is 1. The molecule has 0 radical (unpaired) electrons. The van der Waals surface area contributed by atoms with E-state index in [1.165, 1.54) is 0 Å². The lowest BCUT2D eigenvalue weighted by atomic mass is 10.1. The van der Waals surface area contributed by atoms with Crippen molar-refractivity contribution in [1.29, 1.82) is 0 Å². The number of aromatic nitrogens is 2. The fourth-order valence-corrected chi connectivity index (χ4v) is 1.97. The predicted octanol–water partition coefficient (Wildman–Crippen LogP) is 2.78. The van der Waals surface area contributed by atoms with Gasteiger partial charge in [0.15, 0.2) is 0 Å². The molecule has 0 amide bonds. The molecule has 2 aromatic rings. The Hall–Kier alpha value is -1.66. The van der Waals surface area contributed by atoms with Gasteiger partial charge in [0.25, 0.3) is 0 Å². The highest BCUT2D eigenvalue weighted by molar-refractivity contribution is 7.10. The maximum atomic E-state index is 11.1. The minimum Gasteiger partial charge on any atom is -0.486 e. The molecular formula is C11H9ClN2O3S. The molecule has 0 saturated carbocycles. The van der Waals surface area contributed by atoms with Crippen LogP contribution in [0, 0.1) is 6.92 Å². The second kappa shape index (κ2) is 5.32. The number of aryl methyl sites for hydroxylation is 1. The summed E-state index contributed by atoms with van der Waals surface area (Å²) in [7, 11) is 0. The summed E-state index contributed by atoms with van der Waals surface area (Å²) in [6.45, 7) is 1.91. The molecule has 2 rings (SSSR count). The molecule has 94 valence electrons. The van der Waals surface area contributed by atoms with E-state index >= 15 is 0 Å². The number of aromatic carboxylic acids is 1. The zero-order valence-electron chi connectivity index (χ0n) is 9.38. The molecule has 5 nitrogen and oxygen atoms in total. The van der Waals surface area contributed by atoms with Crippen LogP contribution < -0.4 is 4.74 Å². The van der Waals surface area contributed by atoms with E-state index in [1.54, 1.807) is 18.2 Å². The Morgan fingerprint density at radius 2 is 2.33 bits per heavy atom. The quantitative estimate of drug-likeness (QED) is 0.934. The molecule has 7 heteroatoms. The Labute approximate surface area is 112 Å². The normalized spacial score (nSPS) is 10.3. The number of carbonyl (C=O) groups is 1. The highest BCUT2D eigenvalue weighted by Gasteiger charge is 2.13. The number of benzene rings is 1. The van der Waals surface area contributed by atoms with Gasteiger partial charge in [-0.1, -0.05) is 27.7 Å².